The zero-order valence-electron chi connectivity index (χ0n) is 11.1. The van der Waals surface area contributed by atoms with Crippen LogP contribution in [-0.2, 0) is 9.53 Å². The average Bonchev–Trinajstić information content (AvgIpc) is 2.48. The van der Waals surface area contributed by atoms with E-state index in [1.807, 2.05) is 31.2 Å². The Labute approximate surface area is 113 Å². The monoisotopic (exact) mass is 258 g/mol. The van der Waals surface area contributed by atoms with E-state index in [2.05, 4.69) is 11.0 Å². The van der Waals surface area contributed by atoms with E-state index >= 15 is 0 Å². The topological polar surface area (TPSA) is 53.3 Å². The fourth-order valence-corrected chi connectivity index (χ4v) is 2.41. The third-order valence-corrected chi connectivity index (χ3v) is 3.40. The normalized spacial score (nSPS) is 18.7. The highest BCUT2D eigenvalue weighted by atomic mass is 16.5. The number of carbonyl (C=O) groups excluding carboxylic acids is 1. The molecule has 1 fully saturated rings. The lowest BCUT2D eigenvalue weighted by Crippen LogP contribution is -2.39. The molecule has 0 aliphatic carbocycles. The van der Waals surface area contributed by atoms with E-state index in [0.29, 0.717) is 18.7 Å². The molecule has 19 heavy (non-hydrogen) atoms. The van der Waals surface area contributed by atoms with Gasteiger partial charge in [0, 0.05) is 18.8 Å². The van der Waals surface area contributed by atoms with Crippen LogP contribution in [0.5, 0.6) is 0 Å². The third-order valence-electron chi connectivity index (χ3n) is 3.40. The van der Waals surface area contributed by atoms with E-state index in [0.717, 1.165) is 25.1 Å². The molecule has 1 aromatic rings. The van der Waals surface area contributed by atoms with Gasteiger partial charge in [0.1, 0.15) is 0 Å². The maximum absolute atomic E-state index is 11.8. The molecule has 0 radical (unpaired) electrons. The summed E-state index contributed by atoms with van der Waals surface area (Å²) in [5.74, 6) is -0.134. The highest BCUT2D eigenvalue weighted by Gasteiger charge is 2.26. The number of carbonyl (C=O) groups is 1. The van der Waals surface area contributed by atoms with Crippen molar-refractivity contribution in [1.29, 1.82) is 5.26 Å². The van der Waals surface area contributed by atoms with Gasteiger partial charge in [-0.1, -0.05) is 0 Å². The summed E-state index contributed by atoms with van der Waals surface area (Å²) in [6.07, 6.45) is 1.88. The number of nitrogens with zero attached hydrogens (tertiary/aromatic N) is 2. The van der Waals surface area contributed by atoms with Gasteiger partial charge in [0.15, 0.2) is 0 Å². The number of nitriles is 1. The quantitative estimate of drug-likeness (QED) is 0.781. The van der Waals surface area contributed by atoms with Crippen molar-refractivity contribution in [2.24, 2.45) is 5.92 Å². The smallest absolute Gasteiger partial charge is 0.310 e. The predicted octanol–water partition coefficient (Wildman–Crippen LogP) is 2.34. The summed E-state index contributed by atoms with van der Waals surface area (Å²) in [6.45, 7) is 3.91. The lowest BCUT2D eigenvalue weighted by Gasteiger charge is -2.33. The van der Waals surface area contributed by atoms with Crippen LogP contribution in [0.2, 0.25) is 0 Å². The standard InChI is InChI=1S/C15H18N2O2/c1-2-19-15(18)13-4-3-9-17(11-13)14-7-5-12(10-16)6-8-14/h5-8,13H,2-4,9,11H2,1H3. The molecule has 0 spiro atoms. The van der Waals surface area contributed by atoms with Crippen molar-refractivity contribution in [1.82, 2.24) is 0 Å². The first kappa shape index (κ1) is 13.4. The summed E-state index contributed by atoms with van der Waals surface area (Å²) in [7, 11) is 0. The maximum Gasteiger partial charge on any atom is 0.310 e. The third kappa shape index (κ3) is 3.25. The molecule has 1 heterocycles. The molecule has 4 nitrogen and oxygen atoms in total. The first-order chi connectivity index (χ1) is 9.24. The van der Waals surface area contributed by atoms with E-state index < -0.39 is 0 Å². The van der Waals surface area contributed by atoms with E-state index in [9.17, 15) is 4.79 Å². The summed E-state index contributed by atoms with van der Waals surface area (Å²) in [4.78, 5) is 14.0. The first-order valence-electron chi connectivity index (χ1n) is 6.66. The number of esters is 1. The molecule has 0 N–H and O–H groups in total. The molecule has 1 unspecified atom stereocenters. The minimum atomic E-state index is -0.0964. The molecular weight excluding hydrogens is 240 g/mol. The fraction of sp³-hybridized carbons (Fsp3) is 0.467. The Morgan fingerprint density at radius 1 is 1.47 bits per heavy atom. The molecule has 1 aliphatic heterocycles. The molecule has 0 bridgehead atoms. The Balaban J connectivity index is 2.04. The summed E-state index contributed by atoms with van der Waals surface area (Å²) < 4.78 is 5.09. The van der Waals surface area contributed by atoms with Crippen molar-refractivity contribution in [2.75, 3.05) is 24.6 Å². The van der Waals surface area contributed by atoms with Crippen LogP contribution in [0.25, 0.3) is 0 Å². The number of piperidine rings is 1. The molecule has 100 valence electrons. The lowest BCUT2D eigenvalue weighted by atomic mass is 9.97. The van der Waals surface area contributed by atoms with E-state index in [4.69, 9.17) is 10.00 Å². The second-order valence-corrected chi connectivity index (χ2v) is 4.70. The molecule has 2 rings (SSSR count). The summed E-state index contributed by atoms with van der Waals surface area (Å²) in [5.41, 5.74) is 1.72. The lowest BCUT2D eigenvalue weighted by molar-refractivity contribution is -0.148. The molecule has 0 aromatic heterocycles. The number of benzene rings is 1. The first-order valence-corrected chi connectivity index (χ1v) is 6.66. The van der Waals surface area contributed by atoms with Crippen LogP contribution in [0, 0.1) is 17.2 Å². The number of hydrogen-bond acceptors (Lipinski definition) is 4. The summed E-state index contributed by atoms with van der Waals surface area (Å²) in [5, 5.41) is 8.79. The highest BCUT2D eigenvalue weighted by molar-refractivity contribution is 5.73. The molecule has 4 heteroatoms. The van der Waals surface area contributed by atoms with Gasteiger partial charge >= 0.3 is 5.97 Å². The van der Waals surface area contributed by atoms with Gasteiger partial charge in [-0.3, -0.25) is 4.79 Å². The predicted molar refractivity (Wildman–Crippen MR) is 72.7 cm³/mol. The van der Waals surface area contributed by atoms with Gasteiger partial charge in [0.2, 0.25) is 0 Å². The highest BCUT2D eigenvalue weighted by Crippen LogP contribution is 2.24. The Morgan fingerprint density at radius 3 is 2.84 bits per heavy atom. The van der Waals surface area contributed by atoms with Gasteiger partial charge in [-0.05, 0) is 44.0 Å². The molecule has 1 aliphatic rings. The van der Waals surface area contributed by atoms with E-state index in [1.54, 1.807) is 0 Å². The van der Waals surface area contributed by atoms with Crippen LogP contribution in [0.1, 0.15) is 25.3 Å². The van der Waals surface area contributed by atoms with Gasteiger partial charge < -0.3 is 9.64 Å². The molecule has 0 saturated carbocycles. The molecule has 1 aromatic carbocycles. The minimum absolute atomic E-state index is 0.0376. The number of ether oxygens (including phenoxy) is 1. The van der Waals surface area contributed by atoms with Crippen LogP contribution in [-0.4, -0.2) is 25.7 Å². The van der Waals surface area contributed by atoms with Crippen LogP contribution in [0.15, 0.2) is 24.3 Å². The fourth-order valence-electron chi connectivity index (χ4n) is 2.41. The zero-order chi connectivity index (χ0) is 13.7. The largest absolute Gasteiger partial charge is 0.466 e. The maximum atomic E-state index is 11.8. The summed E-state index contributed by atoms with van der Waals surface area (Å²) in [6, 6.07) is 9.60. The van der Waals surface area contributed by atoms with Crippen molar-refractivity contribution >= 4 is 11.7 Å². The molecule has 1 atom stereocenters. The van der Waals surface area contributed by atoms with Gasteiger partial charge in [-0.25, -0.2) is 0 Å². The Bertz CT molecular complexity index is 476. The van der Waals surface area contributed by atoms with Crippen molar-refractivity contribution < 1.29 is 9.53 Å². The van der Waals surface area contributed by atoms with Crippen LogP contribution in [0.3, 0.4) is 0 Å². The Hall–Kier alpha value is -2.02. The second-order valence-electron chi connectivity index (χ2n) is 4.70. The van der Waals surface area contributed by atoms with E-state index in [1.165, 1.54) is 0 Å². The van der Waals surface area contributed by atoms with Gasteiger partial charge in [0.25, 0.3) is 0 Å². The van der Waals surface area contributed by atoms with Crippen LogP contribution < -0.4 is 4.90 Å². The molecular formula is C15H18N2O2. The van der Waals surface area contributed by atoms with E-state index in [-0.39, 0.29) is 11.9 Å². The van der Waals surface area contributed by atoms with Gasteiger partial charge in [-0.15, -0.1) is 0 Å². The van der Waals surface area contributed by atoms with Crippen LogP contribution in [0.4, 0.5) is 5.69 Å². The number of rotatable bonds is 3. The zero-order valence-corrected chi connectivity index (χ0v) is 11.1. The summed E-state index contributed by atoms with van der Waals surface area (Å²) >= 11 is 0. The average molecular weight is 258 g/mol. The van der Waals surface area contributed by atoms with Crippen LogP contribution >= 0.6 is 0 Å². The Kier molecular flexibility index (Phi) is 4.40. The molecule has 1 saturated heterocycles. The molecule has 0 amide bonds. The minimum Gasteiger partial charge on any atom is -0.466 e. The Morgan fingerprint density at radius 2 is 2.21 bits per heavy atom. The second kappa shape index (κ2) is 6.24. The van der Waals surface area contributed by atoms with Crippen molar-refractivity contribution in [3.05, 3.63) is 29.8 Å². The van der Waals surface area contributed by atoms with Crippen molar-refractivity contribution in [3.8, 4) is 6.07 Å². The van der Waals surface area contributed by atoms with Gasteiger partial charge in [0.05, 0.1) is 24.2 Å². The SMILES string of the molecule is CCOC(=O)C1CCCN(c2ccc(C#N)cc2)C1. The number of anilines is 1. The number of hydrogen-bond donors (Lipinski definition) is 0. The van der Waals surface area contributed by atoms with Crippen molar-refractivity contribution in [2.45, 2.75) is 19.8 Å². The van der Waals surface area contributed by atoms with Gasteiger partial charge in [-0.2, -0.15) is 5.26 Å². The van der Waals surface area contributed by atoms with Crippen molar-refractivity contribution in [3.63, 3.8) is 0 Å².